The Kier molecular flexibility index (Phi) is 5.31. The molecule has 2 heterocycles. The highest BCUT2D eigenvalue weighted by molar-refractivity contribution is 5.48. The predicted octanol–water partition coefficient (Wildman–Crippen LogP) is 3.25. The van der Waals surface area contributed by atoms with Crippen molar-refractivity contribution in [1.29, 1.82) is 0 Å². The van der Waals surface area contributed by atoms with Crippen LogP contribution in [-0.4, -0.2) is 48.1 Å². The van der Waals surface area contributed by atoms with Gasteiger partial charge in [-0.1, -0.05) is 12.1 Å². The lowest BCUT2D eigenvalue weighted by atomic mass is 10.1. The van der Waals surface area contributed by atoms with Gasteiger partial charge in [0.1, 0.15) is 18.0 Å². The summed E-state index contributed by atoms with van der Waals surface area (Å²) in [7, 11) is 3.85. The van der Waals surface area contributed by atoms with Crippen molar-refractivity contribution in [3.05, 3.63) is 47.8 Å². The fourth-order valence-electron chi connectivity index (χ4n) is 3.03. The van der Waals surface area contributed by atoms with Crippen LogP contribution >= 0.6 is 0 Å². The standard InChI is InChI=1S/C18H22F3N5/c1-25(2)17-9-16(22-12-23-17)24-15-7-8-26(11-15)10-13-3-5-14(6-4-13)18(19,20)21/h3-6,9,12,15H,7-8,10-11H2,1-2H3,(H,22,23,24). The van der Waals surface area contributed by atoms with Crippen LogP contribution in [0.4, 0.5) is 24.8 Å². The molecule has 140 valence electrons. The molecule has 0 aliphatic carbocycles. The smallest absolute Gasteiger partial charge is 0.366 e. The zero-order chi connectivity index (χ0) is 18.7. The molecule has 0 spiro atoms. The van der Waals surface area contributed by atoms with Crippen LogP contribution in [0.25, 0.3) is 0 Å². The topological polar surface area (TPSA) is 44.3 Å². The molecule has 3 rings (SSSR count). The first-order chi connectivity index (χ1) is 12.3. The van der Waals surface area contributed by atoms with Gasteiger partial charge in [-0.3, -0.25) is 4.90 Å². The molecule has 1 fully saturated rings. The van der Waals surface area contributed by atoms with E-state index < -0.39 is 11.7 Å². The highest BCUT2D eigenvalue weighted by Gasteiger charge is 2.30. The molecular weight excluding hydrogens is 343 g/mol. The van der Waals surface area contributed by atoms with Gasteiger partial charge in [-0.2, -0.15) is 13.2 Å². The molecule has 1 atom stereocenters. The van der Waals surface area contributed by atoms with Gasteiger partial charge in [0.05, 0.1) is 5.56 Å². The van der Waals surface area contributed by atoms with E-state index in [9.17, 15) is 13.2 Å². The molecule has 1 saturated heterocycles. The SMILES string of the molecule is CN(C)c1cc(NC2CCN(Cc3ccc(C(F)(F)F)cc3)C2)ncn1. The zero-order valence-corrected chi connectivity index (χ0v) is 14.8. The normalized spacial score (nSPS) is 18.1. The molecule has 0 bridgehead atoms. The van der Waals surface area contributed by atoms with Crippen molar-refractivity contribution >= 4 is 11.6 Å². The van der Waals surface area contributed by atoms with Crippen LogP contribution in [0.3, 0.4) is 0 Å². The Morgan fingerprint density at radius 3 is 2.58 bits per heavy atom. The molecule has 1 unspecified atom stereocenters. The lowest BCUT2D eigenvalue weighted by Crippen LogP contribution is -2.26. The minimum absolute atomic E-state index is 0.259. The van der Waals surface area contributed by atoms with Crippen LogP contribution in [0.5, 0.6) is 0 Å². The molecule has 2 aromatic rings. The van der Waals surface area contributed by atoms with E-state index in [4.69, 9.17) is 0 Å². The number of likely N-dealkylation sites (tertiary alicyclic amines) is 1. The van der Waals surface area contributed by atoms with Crippen molar-refractivity contribution in [2.75, 3.05) is 37.4 Å². The number of halogens is 3. The van der Waals surface area contributed by atoms with E-state index in [1.807, 2.05) is 25.1 Å². The third-order valence-electron chi connectivity index (χ3n) is 4.42. The van der Waals surface area contributed by atoms with Gasteiger partial charge >= 0.3 is 6.18 Å². The number of hydrogen-bond donors (Lipinski definition) is 1. The van der Waals surface area contributed by atoms with Gasteiger partial charge in [0.25, 0.3) is 0 Å². The third-order valence-corrected chi connectivity index (χ3v) is 4.42. The van der Waals surface area contributed by atoms with Crippen LogP contribution < -0.4 is 10.2 Å². The summed E-state index contributed by atoms with van der Waals surface area (Å²) in [5, 5.41) is 3.41. The van der Waals surface area contributed by atoms with Gasteiger partial charge in [0.2, 0.25) is 0 Å². The summed E-state index contributed by atoms with van der Waals surface area (Å²) in [4.78, 5) is 12.6. The van der Waals surface area contributed by atoms with E-state index in [1.165, 1.54) is 6.33 Å². The van der Waals surface area contributed by atoms with Gasteiger partial charge in [-0.05, 0) is 24.1 Å². The number of nitrogens with zero attached hydrogens (tertiary/aromatic N) is 4. The molecule has 8 heteroatoms. The first-order valence-electron chi connectivity index (χ1n) is 8.45. The van der Waals surface area contributed by atoms with Crippen LogP contribution in [0.1, 0.15) is 17.5 Å². The third kappa shape index (κ3) is 4.63. The highest BCUT2D eigenvalue weighted by Crippen LogP contribution is 2.29. The lowest BCUT2D eigenvalue weighted by molar-refractivity contribution is -0.137. The largest absolute Gasteiger partial charge is 0.416 e. The molecule has 26 heavy (non-hydrogen) atoms. The Morgan fingerprint density at radius 1 is 1.19 bits per heavy atom. The second kappa shape index (κ2) is 7.49. The second-order valence-electron chi connectivity index (χ2n) is 6.72. The van der Waals surface area contributed by atoms with Crippen molar-refractivity contribution in [3.63, 3.8) is 0 Å². The molecule has 0 saturated carbocycles. The second-order valence-corrected chi connectivity index (χ2v) is 6.72. The summed E-state index contributed by atoms with van der Waals surface area (Å²) >= 11 is 0. The van der Waals surface area contributed by atoms with Crippen LogP contribution in [-0.2, 0) is 12.7 Å². The van der Waals surface area contributed by atoms with Crippen molar-refractivity contribution in [1.82, 2.24) is 14.9 Å². The Bertz CT molecular complexity index is 730. The molecule has 1 aliphatic heterocycles. The monoisotopic (exact) mass is 365 g/mol. The number of nitrogens with one attached hydrogen (secondary N) is 1. The van der Waals surface area contributed by atoms with Crippen LogP contribution in [0.15, 0.2) is 36.7 Å². The Balaban J connectivity index is 1.55. The summed E-state index contributed by atoms with van der Waals surface area (Å²) in [6.45, 7) is 2.36. The number of rotatable bonds is 5. The molecule has 1 N–H and O–H groups in total. The van der Waals surface area contributed by atoms with E-state index in [2.05, 4.69) is 20.2 Å². The molecule has 1 aromatic heterocycles. The van der Waals surface area contributed by atoms with Crippen LogP contribution in [0, 0.1) is 0 Å². The maximum Gasteiger partial charge on any atom is 0.416 e. The summed E-state index contributed by atoms with van der Waals surface area (Å²) < 4.78 is 37.9. The van der Waals surface area contributed by atoms with Crippen molar-refractivity contribution in [2.24, 2.45) is 0 Å². The van der Waals surface area contributed by atoms with E-state index >= 15 is 0 Å². The van der Waals surface area contributed by atoms with E-state index in [0.29, 0.717) is 6.54 Å². The molecule has 5 nitrogen and oxygen atoms in total. The molecule has 1 aliphatic rings. The molecule has 0 amide bonds. The van der Waals surface area contributed by atoms with Gasteiger partial charge in [-0.15, -0.1) is 0 Å². The number of hydrogen-bond acceptors (Lipinski definition) is 5. The van der Waals surface area contributed by atoms with Gasteiger partial charge in [-0.25, -0.2) is 9.97 Å². The zero-order valence-electron chi connectivity index (χ0n) is 14.8. The summed E-state index contributed by atoms with van der Waals surface area (Å²) in [6.07, 6.45) is -1.79. The fourth-order valence-corrected chi connectivity index (χ4v) is 3.03. The van der Waals surface area contributed by atoms with E-state index in [1.54, 1.807) is 12.1 Å². The van der Waals surface area contributed by atoms with Crippen molar-refractivity contribution in [3.8, 4) is 0 Å². The predicted molar refractivity (Wildman–Crippen MR) is 95.1 cm³/mol. The number of aromatic nitrogens is 2. The minimum atomic E-state index is -4.29. The van der Waals surface area contributed by atoms with E-state index in [0.717, 1.165) is 48.8 Å². The average molecular weight is 365 g/mol. The lowest BCUT2D eigenvalue weighted by Gasteiger charge is -2.18. The fraction of sp³-hybridized carbons (Fsp3) is 0.444. The van der Waals surface area contributed by atoms with Gasteiger partial charge < -0.3 is 10.2 Å². The quantitative estimate of drug-likeness (QED) is 0.881. The van der Waals surface area contributed by atoms with E-state index in [-0.39, 0.29) is 6.04 Å². The Labute approximate surface area is 150 Å². The summed E-state index contributed by atoms with van der Waals surface area (Å²) in [5.74, 6) is 1.62. The minimum Gasteiger partial charge on any atom is -0.366 e. The summed E-state index contributed by atoms with van der Waals surface area (Å²) in [5.41, 5.74) is 0.276. The Hall–Kier alpha value is -2.35. The van der Waals surface area contributed by atoms with Crippen molar-refractivity contribution in [2.45, 2.75) is 25.2 Å². The number of alkyl halides is 3. The highest BCUT2D eigenvalue weighted by atomic mass is 19.4. The van der Waals surface area contributed by atoms with Crippen LogP contribution in [0.2, 0.25) is 0 Å². The molecule has 1 aromatic carbocycles. The summed E-state index contributed by atoms with van der Waals surface area (Å²) in [6, 6.07) is 7.55. The van der Waals surface area contributed by atoms with Gasteiger partial charge in [0.15, 0.2) is 0 Å². The number of anilines is 2. The molecular formula is C18H22F3N5. The maximum atomic E-state index is 12.6. The number of benzene rings is 1. The maximum absolute atomic E-state index is 12.6. The first kappa shape index (κ1) is 18.4. The van der Waals surface area contributed by atoms with Gasteiger partial charge in [0, 0.05) is 45.8 Å². The molecule has 0 radical (unpaired) electrons. The Morgan fingerprint density at radius 2 is 1.92 bits per heavy atom. The first-order valence-corrected chi connectivity index (χ1v) is 8.45. The average Bonchev–Trinajstić information content (AvgIpc) is 3.01. The van der Waals surface area contributed by atoms with Crippen molar-refractivity contribution < 1.29 is 13.2 Å².